The molecule has 110 valence electrons. The molecule has 1 N–H and O–H groups in total. The van der Waals surface area contributed by atoms with Crippen LogP contribution in [0.4, 0.5) is 5.69 Å². The fraction of sp³-hybridized carbons (Fsp3) is 0.200. The van der Waals surface area contributed by atoms with Gasteiger partial charge in [0.2, 0.25) is 0 Å². The third-order valence-electron chi connectivity index (χ3n) is 2.74. The summed E-state index contributed by atoms with van der Waals surface area (Å²) < 4.78 is 5.94. The van der Waals surface area contributed by atoms with Crippen LogP contribution in [0.5, 0.6) is 0 Å². The van der Waals surface area contributed by atoms with Crippen LogP contribution in [-0.4, -0.2) is 17.6 Å². The zero-order chi connectivity index (χ0) is 15.2. The molecular weight excluding hydrogens is 356 g/mol. The van der Waals surface area contributed by atoms with E-state index in [1.54, 1.807) is 31.3 Å². The summed E-state index contributed by atoms with van der Waals surface area (Å²) in [6, 6.07) is 10.1. The summed E-state index contributed by atoms with van der Waals surface area (Å²) in [5, 5.41) is 3.61. The third-order valence-corrected chi connectivity index (χ3v) is 3.54. The van der Waals surface area contributed by atoms with E-state index in [0.29, 0.717) is 23.0 Å². The van der Waals surface area contributed by atoms with E-state index in [1.165, 1.54) is 0 Å². The molecule has 0 aliphatic heterocycles. The van der Waals surface area contributed by atoms with Crippen LogP contribution in [-0.2, 0) is 9.53 Å². The van der Waals surface area contributed by atoms with Crippen LogP contribution in [0.2, 0.25) is 5.02 Å². The number of rotatable bonds is 5. The predicted molar refractivity (Wildman–Crippen MR) is 86.4 cm³/mol. The van der Waals surface area contributed by atoms with Crippen LogP contribution in [0.1, 0.15) is 18.7 Å². The van der Waals surface area contributed by atoms with E-state index in [4.69, 9.17) is 16.3 Å². The third kappa shape index (κ3) is 4.19. The molecule has 0 spiro atoms. The van der Waals surface area contributed by atoms with Gasteiger partial charge in [-0.2, -0.15) is 0 Å². The van der Waals surface area contributed by atoms with E-state index in [9.17, 15) is 4.79 Å². The molecule has 6 heteroatoms. The Labute approximate surface area is 136 Å². The second-order valence-electron chi connectivity index (χ2n) is 4.21. The van der Waals surface area contributed by atoms with Crippen LogP contribution < -0.4 is 5.32 Å². The summed E-state index contributed by atoms with van der Waals surface area (Å²) in [5.41, 5.74) is 1.22. The van der Waals surface area contributed by atoms with Crippen molar-refractivity contribution in [2.45, 2.75) is 13.0 Å². The molecule has 1 aromatic heterocycles. The predicted octanol–water partition coefficient (Wildman–Crippen LogP) is 4.21. The molecule has 2 rings (SSSR count). The highest BCUT2D eigenvalue weighted by Gasteiger charge is 2.23. The van der Waals surface area contributed by atoms with Crippen molar-refractivity contribution in [3.05, 3.63) is 57.8 Å². The summed E-state index contributed by atoms with van der Waals surface area (Å²) >= 11 is 9.44. The zero-order valence-corrected chi connectivity index (χ0v) is 13.7. The number of para-hydroxylation sites is 1. The zero-order valence-electron chi connectivity index (χ0n) is 11.3. The van der Waals surface area contributed by atoms with Gasteiger partial charge in [0, 0.05) is 10.7 Å². The summed E-state index contributed by atoms with van der Waals surface area (Å²) in [7, 11) is 0. The second-order valence-corrected chi connectivity index (χ2v) is 5.53. The van der Waals surface area contributed by atoms with Gasteiger partial charge in [0.25, 0.3) is 0 Å². The smallest absolute Gasteiger partial charge is 0.334 e. The number of nitrogens with zero attached hydrogens (tertiary/aromatic N) is 1. The molecule has 2 aromatic rings. The molecule has 1 heterocycles. The van der Waals surface area contributed by atoms with Gasteiger partial charge >= 0.3 is 5.97 Å². The van der Waals surface area contributed by atoms with Crippen molar-refractivity contribution in [1.82, 2.24) is 4.98 Å². The maximum atomic E-state index is 12.2. The second kappa shape index (κ2) is 7.43. The number of hydrogen-bond acceptors (Lipinski definition) is 4. The number of carbonyl (C=O) groups is 1. The van der Waals surface area contributed by atoms with E-state index in [1.807, 2.05) is 18.2 Å². The topological polar surface area (TPSA) is 51.2 Å². The summed E-state index contributed by atoms with van der Waals surface area (Å²) in [5.74, 6) is -0.396. The first-order chi connectivity index (χ1) is 10.1. The van der Waals surface area contributed by atoms with Crippen molar-refractivity contribution >= 4 is 39.2 Å². The maximum Gasteiger partial charge on any atom is 0.334 e. The SMILES string of the molecule is CCOC(=O)C(Nc1ccccc1Cl)c1ccc(Br)cn1. The first kappa shape index (κ1) is 15.8. The van der Waals surface area contributed by atoms with Crippen molar-refractivity contribution in [1.29, 1.82) is 0 Å². The Morgan fingerprint density at radius 3 is 2.76 bits per heavy atom. The first-order valence-corrected chi connectivity index (χ1v) is 7.58. The van der Waals surface area contributed by atoms with Crippen molar-refractivity contribution in [2.24, 2.45) is 0 Å². The number of ether oxygens (including phenoxy) is 1. The lowest BCUT2D eigenvalue weighted by molar-refractivity contribution is -0.144. The molecule has 21 heavy (non-hydrogen) atoms. The fourth-order valence-electron chi connectivity index (χ4n) is 1.77. The Morgan fingerprint density at radius 2 is 2.14 bits per heavy atom. The van der Waals surface area contributed by atoms with Crippen molar-refractivity contribution in [3.8, 4) is 0 Å². The van der Waals surface area contributed by atoms with Crippen LogP contribution in [0.15, 0.2) is 47.1 Å². The average molecular weight is 370 g/mol. The van der Waals surface area contributed by atoms with Gasteiger partial charge in [0.15, 0.2) is 6.04 Å². The number of anilines is 1. The number of pyridine rings is 1. The van der Waals surface area contributed by atoms with Crippen LogP contribution in [0.25, 0.3) is 0 Å². The Hall–Kier alpha value is -1.59. The quantitative estimate of drug-likeness (QED) is 0.802. The lowest BCUT2D eigenvalue weighted by atomic mass is 10.1. The van der Waals surface area contributed by atoms with E-state index in [-0.39, 0.29) is 0 Å². The molecule has 1 unspecified atom stereocenters. The molecule has 4 nitrogen and oxygen atoms in total. The Bertz CT molecular complexity index is 619. The number of nitrogens with one attached hydrogen (secondary N) is 1. The standard InChI is InChI=1S/C15H14BrClN2O2/c1-2-21-15(20)14(13-8-7-10(16)9-18-13)19-12-6-4-3-5-11(12)17/h3-9,14,19H,2H2,1H3. The lowest BCUT2D eigenvalue weighted by Crippen LogP contribution is -2.24. The number of carbonyl (C=O) groups excluding carboxylic acids is 1. The van der Waals surface area contributed by atoms with E-state index < -0.39 is 12.0 Å². The van der Waals surface area contributed by atoms with Crippen LogP contribution in [0, 0.1) is 0 Å². The molecule has 0 radical (unpaired) electrons. The van der Waals surface area contributed by atoms with Gasteiger partial charge in [-0.1, -0.05) is 23.7 Å². The molecule has 0 saturated heterocycles. The number of benzene rings is 1. The van der Waals surface area contributed by atoms with Gasteiger partial charge < -0.3 is 10.1 Å². The van der Waals surface area contributed by atoms with E-state index >= 15 is 0 Å². The van der Waals surface area contributed by atoms with Gasteiger partial charge in [-0.05, 0) is 47.1 Å². The maximum absolute atomic E-state index is 12.2. The van der Waals surface area contributed by atoms with Gasteiger partial charge in [-0.3, -0.25) is 4.98 Å². The average Bonchev–Trinajstić information content (AvgIpc) is 2.48. The van der Waals surface area contributed by atoms with Gasteiger partial charge in [0.1, 0.15) is 0 Å². The van der Waals surface area contributed by atoms with Gasteiger partial charge in [-0.25, -0.2) is 4.79 Å². The number of esters is 1. The fourth-order valence-corrected chi connectivity index (χ4v) is 2.20. The van der Waals surface area contributed by atoms with Crippen LogP contribution >= 0.6 is 27.5 Å². The molecule has 0 bridgehead atoms. The minimum Gasteiger partial charge on any atom is -0.464 e. The van der Waals surface area contributed by atoms with E-state index in [2.05, 4.69) is 26.2 Å². The van der Waals surface area contributed by atoms with Crippen molar-refractivity contribution in [3.63, 3.8) is 0 Å². The molecular formula is C15H14BrClN2O2. The molecule has 0 fully saturated rings. The highest BCUT2D eigenvalue weighted by atomic mass is 79.9. The Balaban J connectivity index is 2.30. The highest BCUT2D eigenvalue weighted by Crippen LogP contribution is 2.26. The summed E-state index contributed by atoms with van der Waals surface area (Å²) in [6.07, 6.45) is 1.63. The molecule has 0 saturated carbocycles. The van der Waals surface area contributed by atoms with Gasteiger partial charge in [0.05, 0.1) is 23.0 Å². The molecule has 1 atom stereocenters. The molecule has 0 aliphatic carbocycles. The minimum absolute atomic E-state index is 0.302. The Morgan fingerprint density at radius 1 is 1.38 bits per heavy atom. The number of hydrogen-bond donors (Lipinski definition) is 1. The van der Waals surface area contributed by atoms with Crippen molar-refractivity contribution < 1.29 is 9.53 Å². The normalized spacial score (nSPS) is 11.8. The lowest BCUT2D eigenvalue weighted by Gasteiger charge is -2.18. The summed E-state index contributed by atoms with van der Waals surface area (Å²) in [4.78, 5) is 16.4. The first-order valence-electron chi connectivity index (χ1n) is 6.41. The molecule has 0 amide bonds. The van der Waals surface area contributed by atoms with Crippen molar-refractivity contribution in [2.75, 3.05) is 11.9 Å². The van der Waals surface area contributed by atoms with E-state index in [0.717, 1.165) is 4.47 Å². The monoisotopic (exact) mass is 368 g/mol. The molecule has 1 aromatic carbocycles. The Kier molecular flexibility index (Phi) is 5.59. The largest absolute Gasteiger partial charge is 0.464 e. The number of aromatic nitrogens is 1. The minimum atomic E-state index is -0.710. The number of halogens is 2. The van der Waals surface area contributed by atoms with Crippen LogP contribution in [0.3, 0.4) is 0 Å². The van der Waals surface area contributed by atoms with Gasteiger partial charge in [-0.15, -0.1) is 0 Å². The summed E-state index contributed by atoms with van der Waals surface area (Å²) in [6.45, 7) is 2.07. The molecule has 0 aliphatic rings. The highest BCUT2D eigenvalue weighted by molar-refractivity contribution is 9.10.